The molecule has 7 nitrogen and oxygen atoms in total. The first-order valence-electron chi connectivity index (χ1n) is 8.56. The number of nitrogens with one attached hydrogen (secondary N) is 1. The molecule has 0 radical (unpaired) electrons. The molecular formula is C20H22Cl2N2O5. The minimum atomic E-state index is -0.357. The Kier molecular flexibility index (Phi) is 7.99. The second kappa shape index (κ2) is 10.2. The molecule has 0 saturated heterocycles. The van der Waals surface area contributed by atoms with E-state index in [1.54, 1.807) is 37.4 Å². The van der Waals surface area contributed by atoms with Crippen molar-refractivity contribution >= 4 is 40.7 Å². The molecule has 0 aliphatic carbocycles. The van der Waals surface area contributed by atoms with E-state index in [0.717, 1.165) is 0 Å². The lowest BCUT2D eigenvalue weighted by atomic mass is 10.1. The van der Waals surface area contributed by atoms with Crippen molar-refractivity contribution in [3.05, 3.63) is 45.9 Å². The Hall–Kier alpha value is -2.64. The number of carbonyl (C=O) groups is 2. The highest BCUT2D eigenvalue weighted by Gasteiger charge is 2.18. The highest BCUT2D eigenvalue weighted by molar-refractivity contribution is 6.42. The first-order valence-corrected chi connectivity index (χ1v) is 9.32. The Balaban J connectivity index is 2.03. The van der Waals surface area contributed by atoms with E-state index in [0.29, 0.717) is 38.5 Å². The van der Waals surface area contributed by atoms with Crippen LogP contribution in [0.5, 0.6) is 17.2 Å². The average molecular weight is 441 g/mol. The van der Waals surface area contributed by atoms with Crippen molar-refractivity contribution in [2.24, 2.45) is 0 Å². The van der Waals surface area contributed by atoms with Crippen LogP contribution in [0.15, 0.2) is 30.3 Å². The van der Waals surface area contributed by atoms with Crippen molar-refractivity contribution in [2.45, 2.75) is 6.42 Å². The Morgan fingerprint density at radius 3 is 2.10 bits per heavy atom. The second-order valence-corrected chi connectivity index (χ2v) is 6.95. The number of methoxy groups -OCH3 is 3. The number of amides is 2. The molecule has 0 atom stereocenters. The number of halogens is 2. The van der Waals surface area contributed by atoms with Crippen LogP contribution in [-0.4, -0.2) is 51.6 Å². The van der Waals surface area contributed by atoms with Crippen LogP contribution in [0.1, 0.15) is 5.56 Å². The summed E-state index contributed by atoms with van der Waals surface area (Å²) in [6, 6.07) is 8.15. The van der Waals surface area contributed by atoms with Crippen molar-refractivity contribution in [3.63, 3.8) is 0 Å². The molecule has 0 aliphatic heterocycles. The fourth-order valence-electron chi connectivity index (χ4n) is 2.63. The summed E-state index contributed by atoms with van der Waals surface area (Å²) in [5.74, 6) is 0.748. The maximum Gasteiger partial charge on any atom is 0.243 e. The number of hydrogen-bond acceptors (Lipinski definition) is 5. The zero-order chi connectivity index (χ0) is 21.6. The summed E-state index contributed by atoms with van der Waals surface area (Å²) in [5, 5.41) is 3.40. The van der Waals surface area contributed by atoms with Gasteiger partial charge in [-0.15, -0.1) is 0 Å². The van der Waals surface area contributed by atoms with Gasteiger partial charge in [-0.05, 0) is 35.9 Å². The zero-order valence-corrected chi connectivity index (χ0v) is 18.1. The maximum atomic E-state index is 12.5. The predicted molar refractivity (Wildman–Crippen MR) is 113 cm³/mol. The van der Waals surface area contributed by atoms with Gasteiger partial charge in [-0.2, -0.15) is 0 Å². The largest absolute Gasteiger partial charge is 0.493 e. The van der Waals surface area contributed by atoms with E-state index >= 15 is 0 Å². The molecule has 0 spiro atoms. The predicted octanol–water partition coefficient (Wildman–Crippen LogP) is 3.66. The van der Waals surface area contributed by atoms with Crippen LogP contribution in [-0.2, 0) is 16.0 Å². The SMILES string of the molecule is COc1cc(CC(=O)N(C)CC(=O)Nc2ccc(Cl)c(Cl)c2)cc(OC)c1OC. The van der Waals surface area contributed by atoms with Crippen molar-refractivity contribution in [2.75, 3.05) is 40.2 Å². The average Bonchev–Trinajstić information content (AvgIpc) is 2.69. The lowest BCUT2D eigenvalue weighted by molar-refractivity contribution is -0.132. The minimum Gasteiger partial charge on any atom is -0.493 e. The van der Waals surface area contributed by atoms with Gasteiger partial charge in [0.1, 0.15) is 0 Å². The first kappa shape index (κ1) is 22.6. The van der Waals surface area contributed by atoms with Gasteiger partial charge in [0, 0.05) is 12.7 Å². The van der Waals surface area contributed by atoms with Crippen molar-refractivity contribution in [1.82, 2.24) is 4.90 Å². The number of ether oxygens (including phenoxy) is 3. The smallest absolute Gasteiger partial charge is 0.243 e. The molecule has 1 N–H and O–H groups in total. The molecule has 29 heavy (non-hydrogen) atoms. The lowest BCUT2D eigenvalue weighted by Crippen LogP contribution is -2.35. The molecule has 156 valence electrons. The fraction of sp³-hybridized carbons (Fsp3) is 0.300. The molecule has 0 bridgehead atoms. The molecule has 2 rings (SSSR count). The van der Waals surface area contributed by atoms with Crippen LogP contribution in [0.25, 0.3) is 0 Å². The molecule has 0 unspecified atom stereocenters. The van der Waals surface area contributed by atoms with E-state index in [9.17, 15) is 9.59 Å². The van der Waals surface area contributed by atoms with Gasteiger partial charge in [0.15, 0.2) is 11.5 Å². The van der Waals surface area contributed by atoms with Crippen molar-refractivity contribution in [1.29, 1.82) is 0 Å². The molecule has 9 heteroatoms. The van der Waals surface area contributed by atoms with Gasteiger partial charge in [0.25, 0.3) is 0 Å². The summed E-state index contributed by atoms with van der Waals surface area (Å²) in [6.07, 6.45) is 0.0628. The molecule has 0 aromatic heterocycles. The van der Waals surface area contributed by atoms with Crippen LogP contribution >= 0.6 is 23.2 Å². The van der Waals surface area contributed by atoms with E-state index in [1.165, 1.54) is 26.2 Å². The summed E-state index contributed by atoms with van der Waals surface area (Å²) < 4.78 is 15.9. The summed E-state index contributed by atoms with van der Waals surface area (Å²) in [5.41, 5.74) is 1.16. The summed E-state index contributed by atoms with van der Waals surface area (Å²) in [4.78, 5) is 26.1. The Bertz CT molecular complexity index is 879. The highest BCUT2D eigenvalue weighted by Crippen LogP contribution is 2.38. The monoisotopic (exact) mass is 440 g/mol. The molecule has 0 aliphatic rings. The van der Waals surface area contributed by atoms with Crippen LogP contribution in [0.2, 0.25) is 10.0 Å². The Labute approximate surface area is 179 Å². The number of anilines is 1. The number of likely N-dealkylation sites (N-methyl/N-ethyl adjacent to an activating group) is 1. The van der Waals surface area contributed by atoms with E-state index in [4.69, 9.17) is 37.4 Å². The van der Waals surface area contributed by atoms with Crippen LogP contribution < -0.4 is 19.5 Å². The van der Waals surface area contributed by atoms with Gasteiger partial charge in [-0.1, -0.05) is 23.2 Å². The third kappa shape index (κ3) is 5.92. The van der Waals surface area contributed by atoms with Crippen LogP contribution in [0.3, 0.4) is 0 Å². The molecule has 2 amide bonds. The van der Waals surface area contributed by atoms with Crippen LogP contribution in [0, 0.1) is 0 Å². The standard InChI is InChI=1S/C20H22Cl2N2O5/c1-24(11-18(25)23-13-5-6-14(21)15(22)10-13)19(26)9-12-7-16(27-2)20(29-4)17(8-12)28-3/h5-8,10H,9,11H2,1-4H3,(H,23,25). The molecule has 2 aromatic rings. The molecular weight excluding hydrogens is 419 g/mol. The van der Waals surface area contributed by atoms with E-state index < -0.39 is 0 Å². The Morgan fingerprint density at radius 1 is 0.966 bits per heavy atom. The zero-order valence-electron chi connectivity index (χ0n) is 16.5. The van der Waals surface area contributed by atoms with Gasteiger partial charge in [-0.3, -0.25) is 9.59 Å². The summed E-state index contributed by atoms with van der Waals surface area (Å²) in [6.45, 7) is -0.122. The Morgan fingerprint density at radius 2 is 1.59 bits per heavy atom. The number of hydrogen-bond donors (Lipinski definition) is 1. The summed E-state index contributed by atoms with van der Waals surface area (Å²) >= 11 is 11.8. The van der Waals surface area contributed by atoms with Gasteiger partial charge < -0.3 is 24.4 Å². The number of carbonyl (C=O) groups excluding carboxylic acids is 2. The number of benzene rings is 2. The topological polar surface area (TPSA) is 77.1 Å². The molecule has 2 aromatic carbocycles. The quantitative estimate of drug-likeness (QED) is 0.677. The van der Waals surface area contributed by atoms with Crippen LogP contribution in [0.4, 0.5) is 5.69 Å². The maximum absolute atomic E-state index is 12.5. The third-order valence-electron chi connectivity index (χ3n) is 4.09. The lowest BCUT2D eigenvalue weighted by Gasteiger charge is -2.18. The van der Waals surface area contributed by atoms with E-state index in [1.807, 2.05) is 0 Å². The van der Waals surface area contributed by atoms with Gasteiger partial charge in [0.05, 0.1) is 44.3 Å². The normalized spacial score (nSPS) is 10.3. The third-order valence-corrected chi connectivity index (χ3v) is 4.83. The van der Waals surface area contributed by atoms with E-state index in [-0.39, 0.29) is 24.8 Å². The highest BCUT2D eigenvalue weighted by atomic mass is 35.5. The minimum absolute atomic E-state index is 0.0628. The molecule has 0 heterocycles. The van der Waals surface area contributed by atoms with E-state index in [2.05, 4.69) is 5.32 Å². The summed E-state index contributed by atoms with van der Waals surface area (Å²) in [7, 11) is 6.06. The number of nitrogens with zero attached hydrogens (tertiary/aromatic N) is 1. The molecule has 0 saturated carbocycles. The van der Waals surface area contributed by atoms with Crippen molar-refractivity contribution in [3.8, 4) is 17.2 Å². The van der Waals surface area contributed by atoms with Gasteiger partial charge >= 0.3 is 0 Å². The fourth-order valence-corrected chi connectivity index (χ4v) is 2.92. The number of rotatable bonds is 8. The molecule has 0 fully saturated rings. The van der Waals surface area contributed by atoms with Gasteiger partial charge in [-0.25, -0.2) is 0 Å². The van der Waals surface area contributed by atoms with Crippen molar-refractivity contribution < 1.29 is 23.8 Å². The van der Waals surface area contributed by atoms with Gasteiger partial charge in [0.2, 0.25) is 17.6 Å². The first-order chi connectivity index (χ1) is 13.8. The second-order valence-electron chi connectivity index (χ2n) is 6.14.